The number of aromatic nitrogens is 3. The van der Waals surface area contributed by atoms with Gasteiger partial charge in [-0.1, -0.05) is 0 Å². The van der Waals surface area contributed by atoms with Gasteiger partial charge in [0.05, 0.1) is 5.92 Å². The van der Waals surface area contributed by atoms with Crippen molar-refractivity contribution in [3.05, 3.63) is 30.1 Å². The molecule has 2 saturated carbocycles. The molecule has 0 spiro atoms. The number of nitrogens with zero attached hydrogens (tertiary/aromatic N) is 3. The van der Waals surface area contributed by atoms with Gasteiger partial charge in [-0.25, -0.2) is 0 Å². The number of carbonyl (C=O) groups is 1. The summed E-state index contributed by atoms with van der Waals surface area (Å²) in [4.78, 5) is 12.7. The Balaban J connectivity index is 1.31. The quantitative estimate of drug-likeness (QED) is 0.890. The largest absolute Gasteiger partial charge is 0.327 e. The monoisotopic (exact) mass is 351 g/mol. The summed E-state index contributed by atoms with van der Waals surface area (Å²) in [5, 5.41) is 11.8. The van der Waals surface area contributed by atoms with Crippen molar-refractivity contribution in [1.82, 2.24) is 14.8 Å². The molecule has 2 aliphatic carbocycles. The Hall–Kier alpha value is -2.21. The molecule has 26 heavy (non-hydrogen) atoms. The van der Waals surface area contributed by atoms with Gasteiger partial charge in [-0.2, -0.15) is 0 Å². The Morgan fingerprint density at radius 3 is 2.69 bits per heavy atom. The second-order valence-electron chi connectivity index (χ2n) is 8.05. The number of nitrogens with two attached hydrogens (primary N) is 1. The second kappa shape index (κ2) is 6.20. The van der Waals surface area contributed by atoms with Crippen molar-refractivity contribution < 1.29 is 4.79 Å². The summed E-state index contributed by atoms with van der Waals surface area (Å²) in [6.45, 7) is 0.984. The van der Waals surface area contributed by atoms with Crippen LogP contribution in [0.4, 0.5) is 5.69 Å². The summed E-state index contributed by atoms with van der Waals surface area (Å²) >= 11 is 0. The van der Waals surface area contributed by atoms with E-state index in [1.165, 1.54) is 19.3 Å². The minimum Gasteiger partial charge on any atom is -0.327 e. The van der Waals surface area contributed by atoms with Gasteiger partial charge in [0.15, 0.2) is 5.82 Å². The van der Waals surface area contributed by atoms with Crippen molar-refractivity contribution in [3.8, 4) is 11.4 Å². The highest BCUT2D eigenvalue weighted by Gasteiger charge is 2.49. The van der Waals surface area contributed by atoms with Crippen molar-refractivity contribution in [2.24, 2.45) is 23.5 Å². The maximum Gasteiger partial charge on any atom is 0.229 e. The number of benzene rings is 1. The van der Waals surface area contributed by atoms with E-state index >= 15 is 0 Å². The summed E-state index contributed by atoms with van der Waals surface area (Å²) in [6.07, 6.45) is 6.83. The number of rotatable bonds is 3. The van der Waals surface area contributed by atoms with Gasteiger partial charge in [0, 0.05) is 30.3 Å². The van der Waals surface area contributed by atoms with E-state index in [0.29, 0.717) is 11.8 Å². The van der Waals surface area contributed by atoms with E-state index in [1.807, 2.05) is 24.3 Å². The molecule has 1 amide bonds. The second-order valence-corrected chi connectivity index (χ2v) is 8.05. The topological polar surface area (TPSA) is 85.8 Å². The molecule has 2 heterocycles. The highest BCUT2D eigenvalue weighted by Crippen LogP contribution is 2.47. The van der Waals surface area contributed by atoms with Crippen LogP contribution in [-0.2, 0) is 17.8 Å². The predicted octanol–water partition coefficient (Wildman–Crippen LogP) is 2.59. The number of carbonyl (C=O) groups excluding carboxylic acids is 1. The van der Waals surface area contributed by atoms with Crippen LogP contribution < -0.4 is 11.1 Å². The van der Waals surface area contributed by atoms with Gasteiger partial charge in [0.1, 0.15) is 5.82 Å². The van der Waals surface area contributed by atoms with Crippen LogP contribution >= 0.6 is 0 Å². The fraction of sp³-hybridized carbons (Fsp3) is 0.550. The van der Waals surface area contributed by atoms with Crippen LogP contribution in [0.1, 0.15) is 37.9 Å². The lowest BCUT2D eigenvalue weighted by molar-refractivity contribution is -0.121. The number of fused-ring (bicyclic) bond motifs is 3. The molecular formula is C20H25N5O. The van der Waals surface area contributed by atoms with Crippen molar-refractivity contribution in [3.63, 3.8) is 0 Å². The predicted molar refractivity (Wildman–Crippen MR) is 99.3 cm³/mol. The van der Waals surface area contributed by atoms with Crippen LogP contribution in [0.25, 0.3) is 11.4 Å². The standard InChI is InChI=1S/C20H25N5O/c21-18-14-5-4-13(11-14)17(18)20(26)22-15-8-6-12(7-9-15)19-24-23-16-3-1-2-10-25(16)19/h6-9,13-14,17-18H,1-5,10-11,21H2,(H,22,26). The Morgan fingerprint density at radius 2 is 1.92 bits per heavy atom. The molecule has 3 N–H and O–H groups in total. The third-order valence-corrected chi connectivity index (χ3v) is 6.55. The zero-order chi connectivity index (χ0) is 17.7. The molecule has 1 aliphatic heterocycles. The molecule has 2 fully saturated rings. The molecule has 0 radical (unpaired) electrons. The van der Waals surface area contributed by atoms with Gasteiger partial charge >= 0.3 is 0 Å². The molecule has 4 atom stereocenters. The summed E-state index contributed by atoms with van der Waals surface area (Å²) < 4.78 is 2.21. The summed E-state index contributed by atoms with van der Waals surface area (Å²) in [5.74, 6) is 3.06. The van der Waals surface area contributed by atoms with Crippen molar-refractivity contribution in [2.75, 3.05) is 5.32 Å². The van der Waals surface area contributed by atoms with E-state index in [9.17, 15) is 4.79 Å². The average molecular weight is 351 g/mol. The first-order valence-electron chi connectivity index (χ1n) is 9.79. The van der Waals surface area contributed by atoms with E-state index in [2.05, 4.69) is 20.1 Å². The molecule has 136 valence electrons. The minimum atomic E-state index is -0.0306. The average Bonchev–Trinajstić information content (AvgIpc) is 3.36. The zero-order valence-electron chi connectivity index (χ0n) is 14.9. The number of aryl methyl sites for hydroxylation is 1. The SMILES string of the molecule is NC1C2CCC(C2)C1C(=O)Nc1ccc(-c2nnc3n2CCCC3)cc1. The first kappa shape index (κ1) is 16.0. The summed E-state index contributed by atoms with van der Waals surface area (Å²) in [7, 11) is 0. The maximum absolute atomic E-state index is 12.7. The molecular weight excluding hydrogens is 326 g/mol. The first-order chi connectivity index (χ1) is 12.7. The van der Waals surface area contributed by atoms with E-state index in [4.69, 9.17) is 5.73 Å². The summed E-state index contributed by atoms with van der Waals surface area (Å²) in [6, 6.07) is 7.97. The highest BCUT2D eigenvalue weighted by molar-refractivity contribution is 5.93. The van der Waals surface area contributed by atoms with Crippen molar-refractivity contribution in [1.29, 1.82) is 0 Å². The molecule has 3 aliphatic rings. The third kappa shape index (κ3) is 2.55. The Morgan fingerprint density at radius 1 is 1.12 bits per heavy atom. The number of nitrogens with one attached hydrogen (secondary N) is 1. The van der Waals surface area contributed by atoms with E-state index in [-0.39, 0.29) is 17.9 Å². The molecule has 4 unspecified atom stereocenters. The fourth-order valence-corrected chi connectivity index (χ4v) is 5.17. The zero-order valence-corrected chi connectivity index (χ0v) is 14.9. The minimum absolute atomic E-state index is 0.0236. The number of anilines is 1. The number of hydrogen-bond donors (Lipinski definition) is 2. The Labute approximate surface area is 153 Å². The molecule has 0 saturated heterocycles. The van der Waals surface area contributed by atoms with Crippen molar-refractivity contribution >= 4 is 11.6 Å². The molecule has 1 aromatic heterocycles. The smallest absolute Gasteiger partial charge is 0.229 e. The first-order valence-corrected chi connectivity index (χ1v) is 9.79. The van der Waals surface area contributed by atoms with Crippen molar-refractivity contribution in [2.45, 2.75) is 51.1 Å². The van der Waals surface area contributed by atoms with Gasteiger partial charge in [0.25, 0.3) is 0 Å². The van der Waals surface area contributed by atoms with Gasteiger partial charge in [-0.15, -0.1) is 10.2 Å². The van der Waals surface area contributed by atoms with E-state index in [0.717, 1.165) is 48.7 Å². The maximum atomic E-state index is 12.7. The molecule has 5 rings (SSSR count). The van der Waals surface area contributed by atoms with Crippen LogP contribution in [0.2, 0.25) is 0 Å². The lowest BCUT2D eigenvalue weighted by Crippen LogP contribution is -2.42. The Bertz CT molecular complexity index is 825. The molecule has 1 aromatic carbocycles. The number of hydrogen-bond acceptors (Lipinski definition) is 4. The lowest BCUT2D eigenvalue weighted by atomic mass is 9.84. The van der Waals surface area contributed by atoms with Gasteiger partial charge < -0.3 is 15.6 Å². The molecule has 2 aromatic rings. The van der Waals surface area contributed by atoms with Crippen LogP contribution in [0.3, 0.4) is 0 Å². The van der Waals surface area contributed by atoms with Crippen LogP contribution in [-0.4, -0.2) is 26.7 Å². The molecule has 6 heteroatoms. The van der Waals surface area contributed by atoms with Gasteiger partial charge in [0.2, 0.25) is 5.91 Å². The summed E-state index contributed by atoms with van der Waals surface area (Å²) in [5.41, 5.74) is 8.16. The molecule has 6 nitrogen and oxygen atoms in total. The molecule has 2 bridgehead atoms. The lowest BCUT2D eigenvalue weighted by Gasteiger charge is -2.27. The van der Waals surface area contributed by atoms with E-state index < -0.39 is 0 Å². The third-order valence-electron chi connectivity index (χ3n) is 6.55. The fourth-order valence-electron chi connectivity index (χ4n) is 5.17. The van der Waals surface area contributed by atoms with Gasteiger partial charge in [-0.05, 0) is 68.2 Å². The normalized spacial score (nSPS) is 29.6. The van der Waals surface area contributed by atoms with Crippen LogP contribution in [0.5, 0.6) is 0 Å². The van der Waals surface area contributed by atoms with Crippen LogP contribution in [0, 0.1) is 17.8 Å². The van der Waals surface area contributed by atoms with E-state index in [1.54, 1.807) is 0 Å². The number of amides is 1. The Kier molecular flexibility index (Phi) is 3.81. The van der Waals surface area contributed by atoms with Gasteiger partial charge in [-0.3, -0.25) is 4.79 Å². The highest BCUT2D eigenvalue weighted by atomic mass is 16.2. The van der Waals surface area contributed by atoms with Crippen LogP contribution in [0.15, 0.2) is 24.3 Å².